The molecule has 6 heteroatoms. The third kappa shape index (κ3) is 5.07. The largest absolute Gasteiger partial charge is 0.491 e. The van der Waals surface area contributed by atoms with Gasteiger partial charge in [0.15, 0.2) is 0 Å². The maximum absolute atomic E-state index is 12.5. The minimum atomic E-state index is -0.323. The normalized spacial score (nSPS) is 16.5. The second-order valence-electron chi connectivity index (χ2n) is 7.13. The molecule has 3 rings (SSSR count). The Morgan fingerprint density at radius 2 is 1.86 bits per heavy atom. The van der Waals surface area contributed by atoms with Crippen LogP contribution in [0.4, 0.5) is 5.69 Å². The van der Waals surface area contributed by atoms with E-state index in [4.69, 9.17) is 4.74 Å². The summed E-state index contributed by atoms with van der Waals surface area (Å²) in [5, 5.41) is 2.95. The van der Waals surface area contributed by atoms with Crippen LogP contribution < -0.4 is 15.0 Å². The number of ether oxygens (including phenoxy) is 1. The summed E-state index contributed by atoms with van der Waals surface area (Å²) in [5.74, 6) is 0.400. The Labute approximate surface area is 170 Å². The van der Waals surface area contributed by atoms with E-state index in [-0.39, 0.29) is 30.3 Å². The lowest BCUT2D eigenvalue weighted by Gasteiger charge is -2.17. The molecule has 28 heavy (non-hydrogen) atoms. The fraction of sp³-hybridized carbons (Fsp3) is 0.364. The maximum Gasteiger partial charge on any atom is 0.227 e. The van der Waals surface area contributed by atoms with E-state index in [1.165, 1.54) is 0 Å². The van der Waals surface area contributed by atoms with E-state index in [1.807, 2.05) is 68.6 Å². The van der Waals surface area contributed by atoms with Gasteiger partial charge in [-0.15, -0.1) is 11.8 Å². The van der Waals surface area contributed by atoms with Crippen LogP contribution >= 0.6 is 11.8 Å². The first-order valence-corrected chi connectivity index (χ1v) is 10.7. The number of benzene rings is 2. The predicted molar refractivity (Wildman–Crippen MR) is 113 cm³/mol. The van der Waals surface area contributed by atoms with Gasteiger partial charge in [-0.2, -0.15) is 0 Å². The Morgan fingerprint density at radius 3 is 2.46 bits per heavy atom. The van der Waals surface area contributed by atoms with Crippen LogP contribution in [-0.2, 0) is 16.1 Å². The minimum Gasteiger partial charge on any atom is -0.491 e. The van der Waals surface area contributed by atoms with E-state index in [0.29, 0.717) is 13.1 Å². The zero-order chi connectivity index (χ0) is 20.1. The first-order valence-electron chi connectivity index (χ1n) is 9.44. The molecular weight excluding hydrogens is 372 g/mol. The van der Waals surface area contributed by atoms with Gasteiger partial charge < -0.3 is 15.0 Å². The van der Waals surface area contributed by atoms with E-state index in [2.05, 4.69) is 5.32 Å². The summed E-state index contributed by atoms with van der Waals surface area (Å²) >= 11 is 1.66. The fourth-order valence-corrected chi connectivity index (χ4v) is 3.59. The maximum atomic E-state index is 12.5. The number of carbonyl (C=O) groups excluding carboxylic acids is 2. The van der Waals surface area contributed by atoms with Gasteiger partial charge in [-0.3, -0.25) is 9.59 Å². The van der Waals surface area contributed by atoms with Crippen molar-refractivity contribution in [3.8, 4) is 5.75 Å². The Kier molecular flexibility index (Phi) is 6.62. The number of hydrogen-bond acceptors (Lipinski definition) is 4. The third-order valence-electron chi connectivity index (χ3n) is 4.64. The average molecular weight is 399 g/mol. The topological polar surface area (TPSA) is 58.6 Å². The molecule has 0 saturated carbocycles. The van der Waals surface area contributed by atoms with Gasteiger partial charge in [-0.05, 0) is 62.1 Å². The molecule has 5 nitrogen and oxygen atoms in total. The zero-order valence-corrected chi connectivity index (χ0v) is 17.3. The van der Waals surface area contributed by atoms with Crippen molar-refractivity contribution in [2.24, 2.45) is 5.92 Å². The molecule has 0 radical (unpaired) electrons. The Morgan fingerprint density at radius 1 is 1.18 bits per heavy atom. The van der Waals surface area contributed by atoms with Crippen molar-refractivity contribution in [2.45, 2.75) is 37.8 Å². The second-order valence-corrected chi connectivity index (χ2v) is 8.01. The van der Waals surface area contributed by atoms with E-state index < -0.39 is 0 Å². The minimum absolute atomic E-state index is 0.00719. The lowest BCUT2D eigenvalue weighted by atomic mass is 10.1. The third-order valence-corrected chi connectivity index (χ3v) is 5.39. The number of thioether (sulfide) groups is 1. The molecule has 2 aromatic carbocycles. The van der Waals surface area contributed by atoms with Crippen LogP contribution in [0.15, 0.2) is 53.4 Å². The number of rotatable bonds is 7. The first-order chi connectivity index (χ1) is 13.5. The molecule has 1 N–H and O–H groups in total. The summed E-state index contributed by atoms with van der Waals surface area (Å²) in [6.07, 6.45) is 2.39. The van der Waals surface area contributed by atoms with Crippen LogP contribution in [0.5, 0.6) is 5.75 Å². The predicted octanol–water partition coefficient (Wildman–Crippen LogP) is 3.87. The molecule has 1 aliphatic heterocycles. The van der Waals surface area contributed by atoms with E-state index in [1.54, 1.807) is 16.7 Å². The number of anilines is 1. The van der Waals surface area contributed by atoms with Crippen LogP contribution in [-0.4, -0.2) is 30.7 Å². The van der Waals surface area contributed by atoms with Gasteiger partial charge in [0.25, 0.3) is 0 Å². The molecule has 1 aliphatic rings. The van der Waals surface area contributed by atoms with E-state index in [9.17, 15) is 9.59 Å². The molecule has 1 saturated heterocycles. The van der Waals surface area contributed by atoms with Gasteiger partial charge in [0.2, 0.25) is 11.8 Å². The first kappa shape index (κ1) is 20.3. The van der Waals surface area contributed by atoms with Gasteiger partial charge in [0.1, 0.15) is 5.75 Å². The quantitative estimate of drug-likeness (QED) is 0.720. The standard InChI is InChI=1S/C22H26N2O3S/c1-15(2)27-19-8-4-16(5-9-19)13-23-22(26)17-12-21(25)24(14-17)18-6-10-20(28-3)11-7-18/h4-11,15,17H,12-14H2,1-3H3,(H,23,26). The molecule has 2 aromatic rings. The van der Waals surface area contributed by atoms with Gasteiger partial charge >= 0.3 is 0 Å². The molecule has 0 spiro atoms. The van der Waals surface area contributed by atoms with Gasteiger partial charge in [-0.25, -0.2) is 0 Å². The lowest BCUT2D eigenvalue weighted by Crippen LogP contribution is -2.32. The number of nitrogens with zero attached hydrogens (tertiary/aromatic N) is 1. The Hall–Kier alpha value is -2.47. The van der Waals surface area contributed by atoms with Crippen LogP contribution in [0.25, 0.3) is 0 Å². The van der Waals surface area contributed by atoms with Crippen molar-refractivity contribution >= 4 is 29.3 Å². The lowest BCUT2D eigenvalue weighted by molar-refractivity contribution is -0.126. The summed E-state index contributed by atoms with van der Waals surface area (Å²) < 4.78 is 5.62. The van der Waals surface area contributed by atoms with Crippen molar-refractivity contribution in [3.63, 3.8) is 0 Å². The summed E-state index contributed by atoms with van der Waals surface area (Å²) in [6, 6.07) is 15.5. The molecule has 1 unspecified atom stereocenters. The molecule has 148 valence electrons. The second kappa shape index (κ2) is 9.15. The molecule has 1 atom stereocenters. The molecule has 0 aliphatic carbocycles. The van der Waals surface area contributed by atoms with E-state index in [0.717, 1.165) is 21.9 Å². The highest BCUT2D eigenvalue weighted by Gasteiger charge is 2.34. The summed E-state index contributed by atoms with van der Waals surface area (Å²) in [6.45, 7) is 4.83. The fourth-order valence-electron chi connectivity index (χ4n) is 3.19. The number of hydrogen-bond donors (Lipinski definition) is 1. The molecule has 0 aromatic heterocycles. The highest BCUT2D eigenvalue weighted by molar-refractivity contribution is 7.98. The van der Waals surface area contributed by atoms with Crippen molar-refractivity contribution in [1.82, 2.24) is 5.32 Å². The molecule has 1 fully saturated rings. The van der Waals surface area contributed by atoms with Crippen molar-refractivity contribution < 1.29 is 14.3 Å². The van der Waals surface area contributed by atoms with Crippen LogP contribution in [0.2, 0.25) is 0 Å². The zero-order valence-electron chi connectivity index (χ0n) is 16.5. The average Bonchev–Trinajstić information content (AvgIpc) is 3.08. The van der Waals surface area contributed by atoms with Crippen LogP contribution in [0.1, 0.15) is 25.8 Å². The summed E-state index contributed by atoms with van der Waals surface area (Å²) in [4.78, 5) is 27.8. The van der Waals surface area contributed by atoms with Gasteiger partial charge in [0.05, 0.1) is 12.0 Å². The Bertz CT molecular complexity index is 819. The molecular formula is C22H26N2O3S. The summed E-state index contributed by atoms with van der Waals surface area (Å²) in [7, 11) is 0. The highest BCUT2D eigenvalue weighted by atomic mass is 32.2. The SMILES string of the molecule is CSc1ccc(N2CC(C(=O)NCc3ccc(OC(C)C)cc3)CC2=O)cc1. The van der Waals surface area contributed by atoms with Crippen molar-refractivity contribution in [3.05, 3.63) is 54.1 Å². The van der Waals surface area contributed by atoms with Crippen LogP contribution in [0.3, 0.4) is 0 Å². The van der Waals surface area contributed by atoms with Crippen molar-refractivity contribution in [2.75, 3.05) is 17.7 Å². The molecule has 2 amide bonds. The molecule has 1 heterocycles. The number of nitrogens with one attached hydrogen (secondary N) is 1. The number of amides is 2. The molecule has 0 bridgehead atoms. The smallest absolute Gasteiger partial charge is 0.227 e. The monoisotopic (exact) mass is 398 g/mol. The number of carbonyl (C=O) groups is 2. The summed E-state index contributed by atoms with van der Waals surface area (Å²) in [5.41, 5.74) is 1.84. The van der Waals surface area contributed by atoms with Gasteiger partial charge in [-0.1, -0.05) is 12.1 Å². The van der Waals surface area contributed by atoms with Crippen molar-refractivity contribution in [1.29, 1.82) is 0 Å². The van der Waals surface area contributed by atoms with E-state index >= 15 is 0 Å². The van der Waals surface area contributed by atoms with Crippen LogP contribution in [0, 0.1) is 5.92 Å². The van der Waals surface area contributed by atoms with Gasteiger partial charge in [0, 0.05) is 30.1 Å². The highest BCUT2D eigenvalue weighted by Crippen LogP contribution is 2.27. The Balaban J connectivity index is 1.54.